The number of ether oxygens (including phenoxy) is 1. The van der Waals surface area contributed by atoms with Crippen LogP contribution in [0.3, 0.4) is 0 Å². The maximum absolute atomic E-state index is 12.3. The Balaban J connectivity index is 0.000000250. The summed E-state index contributed by atoms with van der Waals surface area (Å²) in [5.74, 6) is -3.51. The minimum Gasteiger partial charge on any atom is -0.547 e. The molecule has 4 aliphatic rings. The summed E-state index contributed by atoms with van der Waals surface area (Å²) in [6.07, 6.45) is 0.918. The molecule has 0 saturated carbocycles. The van der Waals surface area contributed by atoms with Crippen LogP contribution in [0.5, 0.6) is 5.75 Å². The van der Waals surface area contributed by atoms with Crippen LogP contribution in [-0.4, -0.2) is 95.9 Å². The van der Waals surface area contributed by atoms with E-state index in [2.05, 4.69) is 5.32 Å². The van der Waals surface area contributed by atoms with Gasteiger partial charge in [0.2, 0.25) is 17.7 Å². The molecule has 4 aliphatic heterocycles. The number of aromatic hydroxyl groups is 1. The summed E-state index contributed by atoms with van der Waals surface area (Å²) in [5, 5.41) is 40.2. The number of nitrogens with one attached hydrogen (secondary N) is 1. The van der Waals surface area contributed by atoms with Gasteiger partial charge in [0.15, 0.2) is 6.23 Å². The predicted molar refractivity (Wildman–Crippen MR) is 131 cm³/mol. The normalized spacial score (nSPS) is 28.9. The third kappa shape index (κ3) is 5.90. The molecule has 0 spiro atoms. The van der Waals surface area contributed by atoms with Crippen molar-refractivity contribution in [3.8, 4) is 5.75 Å². The molecule has 4 heterocycles. The fraction of sp³-hybridized carbons (Fsp3) is 0.458. The first-order chi connectivity index (χ1) is 18.3. The van der Waals surface area contributed by atoms with E-state index in [0.29, 0.717) is 5.56 Å². The maximum Gasteiger partial charge on any atom is 1.00 e. The smallest absolute Gasteiger partial charge is 0.547 e. The summed E-state index contributed by atoms with van der Waals surface area (Å²) in [4.78, 5) is 60.3. The Morgan fingerprint density at radius 3 is 2.40 bits per heavy atom. The molecule has 6 atom stereocenters. The molecule has 5 rings (SSSR count). The van der Waals surface area contributed by atoms with Crippen molar-refractivity contribution in [3.63, 3.8) is 0 Å². The first-order valence-corrected chi connectivity index (χ1v) is 12.7. The second-order valence-corrected chi connectivity index (χ2v) is 11.5. The number of β-lactam (4-membered cyclic amide) rings is 2. The maximum atomic E-state index is 12.3. The topological polar surface area (TPSA) is 223 Å². The van der Waals surface area contributed by atoms with Gasteiger partial charge in [0.05, 0.1) is 19.0 Å². The number of nitrogens with zero attached hydrogens (tertiary/aromatic N) is 2. The number of phenols is 1. The molecule has 16 heteroatoms. The second-order valence-electron chi connectivity index (χ2n) is 9.74. The Morgan fingerprint density at radius 2 is 1.88 bits per heavy atom. The number of aliphatic carboxylic acids is 2. The van der Waals surface area contributed by atoms with Gasteiger partial charge in [-0.05, 0) is 37.6 Å². The summed E-state index contributed by atoms with van der Waals surface area (Å²) >= 11 is 1.35. The predicted octanol–water partition coefficient (Wildman–Crippen LogP) is -5.40. The number of phenolic OH excluding ortho intramolecular Hbond substituents is 1. The zero-order valence-electron chi connectivity index (χ0n) is 21.8. The van der Waals surface area contributed by atoms with Gasteiger partial charge in [0.1, 0.15) is 41.0 Å². The van der Waals surface area contributed by atoms with Gasteiger partial charge in [-0.25, -0.2) is 4.79 Å². The van der Waals surface area contributed by atoms with Crippen LogP contribution in [0.4, 0.5) is 0 Å². The number of aliphatic hydroxyl groups is 1. The fourth-order valence-corrected chi connectivity index (χ4v) is 6.49. The molecule has 1 aromatic rings. The molecule has 14 nitrogen and oxygen atoms in total. The number of hydrogen-bond acceptors (Lipinski definition) is 11. The SMILES string of the molecule is CC1(C)SC2C(NC(=O)C(N)c3ccc(O)cc3)C(=O)N2C1C(=O)O.O=C([O-])C1C(=CCO)OC2CC(=O)N21.[K+]. The van der Waals surface area contributed by atoms with E-state index in [0.717, 1.165) is 4.90 Å². The van der Waals surface area contributed by atoms with Crippen LogP contribution >= 0.6 is 11.8 Å². The van der Waals surface area contributed by atoms with Crippen molar-refractivity contribution < 1.29 is 101 Å². The number of fused-ring (bicyclic) bond motifs is 2. The Labute approximate surface area is 275 Å². The zero-order chi connectivity index (χ0) is 28.8. The van der Waals surface area contributed by atoms with E-state index in [1.54, 1.807) is 13.8 Å². The molecule has 3 amide bonds. The molecule has 6 N–H and O–H groups in total. The van der Waals surface area contributed by atoms with Crippen molar-refractivity contribution >= 4 is 41.4 Å². The number of carboxylic acids is 2. The molecule has 4 fully saturated rings. The number of benzene rings is 1. The molecule has 1 aromatic carbocycles. The van der Waals surface area contributed by atoms with E-state index in [1.807, 2.05) is 0 Å². The van der Waals surface area contributed by atoms with E-state index >= 15 is 0 Å². The molecule has 210 valence electrons. The Bertz CT molecular complexity index is 1240. The standard InChI is InChI=1S/C16H19N3O5S.C8H9NO5.K/c1-16(2)11(15(23)24)19-13(22)10(14(19)25-16)18-12(21)9(17)7-3-5-8(20)6-4-7;10-2-1-4-7(8(12)13)9-5(11)3-6(9)14-4;/h3-6,9-11,14,20H,17H2,1-2H3,(H,18,21)(H,23,24);1,6-7,10H,2-3H2,(H,12,13);/q;;+1/p-1. The summed E-state index contributed by atoms with van der Waals surface area (Å²) in [6, 6.07) is 2.03. The van der Waals surface area contributed by atoms with Crippen molar-refractivity contribution in [3.05, 3.63) is 41.7 Å². The van der Waals surface area contributed by atoms with Crippen molar-refractivity contribution in [1.29, 1.82) is 0 Å². The first-order valence-electron chi connectivity index (χ1n) is 11.9. The summed E-state index contributed by atoms with van der Waals surface area (Å²) in [6.45, 7) is 3.21. The van der Waals surface area contributed by atoms with Crippen molar-refractivity contribution in [2.75, 3.05) is 6.61 Å². The van der Waals surface area contributed by atoms with Crippen molar-refractivity contribution in [2.45, 2.75) is 60.8 Å². The molecule has 40 heavy (non-hydrogen) atoms. The Hall–Kier alpha value is -2.18. The molecule has 0 bridgehead atoms. The third-order valence-electron chi connectivity index (χ3n) is 6.79. The molecular formula is C24H27KN4O10S. The third-order valence-corrected chi connectivity index (χ3v) is 8.36. The van der Waals surface area contributed by atoms with E-state index < -0.39 is 64.3 Å². The van der Waals surface area contributed by atoms with Crippen LogP contribution in [0.15, 0.2) is 36.1 Å². The number of aliphatic hydroxyl groups excluding tert-OH is 1. The number of carbonyl (C=O) groups is 5. The fourth-order valence-electron chi connectivity index (χ4n) is 4.87. The van der Waals surface area contributed by atoms with E-state index in [9.17, 15) is 39.3 Å². The first kappa shape index (κ1) is 32.3. The number of carboxylic acid groups (broad SMARTS) is 2. The van der Waals surface area contributed by atoms with Gasteiger partial charge in [-0.2, -0.15) is 0 Å². The summed E-state index contributed by atoms with van der Waals surface area (Å²) < 4.78 is 4.48. The van der Waals surface area contributed by atoms with Gasteiger partial charge in [0.25, 0.3) is 0 Å². The minimum absolute atomic E-state index is 0. The van der Waals surface area contributed by atoms with Crippen molar-refractivity contribution in [1.82, 2.24) is 15.1 Å². The van der Waals surface area contributed by atoms with Gasteiger partial charge in [0, 0.05) is 4.75 Å². The number of amides is 3. The Morgan fingerprint density at radius 1 is 1.25 bits per heavy atom. The van der Waals surface area contributed by atoms with E-state index in [1.165, 1.54) is 47.0 Å². The monoisotopic (exact) mass is 602 g/mol. The van der Waals surface area contributed by atoms with E-state index in [-0.39, 0.29) is 81.8 Å². The second kappa shape index (κ2) is 12.4. The molecular weight excluding hydrogens is 575 g/mol. The van der Waals surface area contributed by atoms with E-state index in [4.69, 9.17) is 15.6 Å². The van der Waals surface area contributed by atoms with Crippen LogP contribution < -0.4 is 67.5 Å². The van der Waals surface area contributed by atoms with Gasteiger partial charge >= 0.3 is 57.4 Å². The minimum atomic E-state index is -1.39. The Kier molecular flexibility index (Phi) is 9.99. The molecule has 6 unspecified atom stereocenters. The summed E-state index contributed by atoms with van der Waals surface area (Å²) in [5.41, 5.74) is 6.41. The summed E-state index contributed by atoms with van der Waals surface area (Å²) in [7, 11) is 0. The average molecular weight is 603 g/mol. The molecule has 0 aromatic heterocycles. The largest absolute Gasteiger partial charge is 1.00 e. The van der Waals surface area contributed by atoms with Crippen LogP contribution in [0, 0.1) is 0 Å². The number of rotatable bonds is 6. The zero-order valence-corrected chi connectivity index (χ0v) is 25.8. The van der Waals surface area contributed by atoms with Gasteiger partial charge in [-0.1, -0.05) is 12.1 Å². The van der Waals surface area contributed by atoms with Crippen LogP contribution in [0.25, 0.3) is 0 Å². The van der Waals surface area contributed by atoms with Crippen LogP contribution in [-0.2, 0) is 28.7 Å². The average Bonchev–Trinajstić information content (AvgIpc) is 3.31. The number of thioether (sulfide) groups is 1. The van der Waals surface area contributed by atoms with Crippen LogP contribution in [0.2, 0.25) is 0 Å². The van der Waals surface area contributed by atoms with Crippen molar-refractivity contribution in [2.24, 2.45) is 5.73 Å². The van der Waals surface area contributed by atoms with Gasteiger partial charge in [-0.15, -0.1) is 11.8 Å². The molecule has 4 saturated heterocycles. The number of carbonyl (C=O) groups excluding carboxylic acids is 4. The number of nitrogens with two attached hydrogens (primary N) is 1. The van der Waals surface area contributed by atoms with Gasteiger partial charge < -0.3 is 45.9 Å². The molecule has 0 radical (unpaired) electrons. The quantitative estimate of drug-likeness (QED) is 0.152. The van der Waals surface area contributed by atoms with Gasteiger partial charge in [-0.3, -0.25) is 19.3 Å². The van der Waals surface area contributed by atoms with Crippen LogP contribution in [0.1, 0.15) is 31.9 Å². The molecule has 0 aliphatic carbocycles. The number of hydrogen-bond donors (Lipinski definition) is 5.